The van der Waals surface area contributed by atoms with Gasteiger partial charge in [-0.3, -0.25) is 9.69 Å². The molecule has 6 rings (SSSR count). The molecule has 1 aromatic rings. The number of hydrogen-bond acceptors (Lipinski definition) is 4. The van der Waals surface area contributed by atoms with Gasteiger partial charge >= 0.3 is 0 Å². The lowest BCUT2D eigenvalue weighted by atomic mass is 9.50. The first kappa shape index (κ1) is 16.4. The van der Waals surface area contributed by atoms with Crippen LogP contribution in [0, 0.1) is 5.41 Å². The van der Waals surface area contributed by atoms with Gasteiger partial charge in [-0.15, -0.1) is 0 Å². The number of carbonyl (C=O) groups excluding carboxylic acids is 1. The molecule has 4 aliphatic heterocycles. The Hall–Kier alpha value is -1.59. The fourth-order valence-corrected chi connectivity index (χ4v) is 7.92. The summed E-state index contributed by atoms with van der Waals surface area (Å²) in [7, 11) is 0. The monoisotopic (exact) mass is 368 g/mol. The van der Waals surface area contributed by atoms with Crippen molar-refractivity contribution in [2.75, 3.05) is 24.6 Å². The lowest BCUT2D eigenvalue weighted by Crippen LogP contribution is -2.73. The van der Waals surface area contributed by atoms with Gasteiger partial charge in [-0.2, -0.15) is 0 Å². The van der Waals surface area contributed by atoms with Crippen LogP contribution in [0.15, 0.2) is 18.2 Å². The molecule has 0 bridgehead atoms. The molecule has 1 aliphatic carbocycles. The number of ether oxygens (including phenoxy) is 1. The van der Waals surface area contributed by atoms with E-state index in [-0.39, 0.29) is 34.3 Å². The zero-order chi connectivity index (χ0) is 18.4. The van der Waals surface area contributed by atoms with Gasteiger partial charge in [0.05, 0.1) is 17.1 Å². The summed E-state index contributed by atoms with van der Waals surface area (Å²) in [6, 6.07) is 5.95. The Kier molecular flexibility index (Phi) is 3.07. The van der Waals surface area contributed by atoms with E-state index < -0.39 is 0 Å². The maximum Gasteiger partial charge on any atom is 0.227 e. The zero-order valence-electron chi connectivity index (χ0n) is 16.0. The van der Waals surface area contributed by atoms with E-state index in [1.54, 1.807) is 6.07 Å². The van der Waals surface area contributed by atoms with Gasteiger partial charge in [0.1, 0.15) is 11.5 Å². The molecule has 4 heterocycles. The largest absolute Gasteiger partial charge is 0.506 e. The highest BCUT2D eigenvalue weighted by Gasteiger charge is 2.79. The second-order valence-corrected chi connectivity index (χ2v) is 9.18. The number of benzene rings is 1. The molecule has 1 amide bonds. The highest BCUT2D eigenvalue weighted by molar-refractivity contribution is 5.99. The summed E-state index contributed by atoms with van der Waals surface area (Å²) in [6.45, 7) is 4.86. The summed E-state index contributed by atoms with van der Waals surface area (Å²) in [5.74, 6) is 0.364. The van der Waals surface area contributed by atoms with Crippen molar-refractivity contribution in [2.45, 2.75) is 69.1 Å². The van der Waals surface area contributed by atoms with E-state index in [0.717, 1.165) is 56.6 Å². The summed E-state index contributed by atoms with van der Waals surface area (Å²) in [6.07, 6.45) is 7.22. The van der Waals surface area contributed by atoms with E-state index in [1.807, 2.05) is 17.9 Å². The van der Waals surface area contributed by atoms with E-state index in [2.05, 4.69) is 11.0 Å². The normalized spacial score (nSPS) is 41.8. The molecule has 27 heavy (non-hydrogen) atoms. The van der Waals surface area contributed by atoms with Crippen LogP contribution in [0.2, 0.25) is 0 Å². The Labute approximate surface area is 160 Å². The first-order valence-corrected chi connectivity index (χ1v) is 10.6. The number of carbonyl (C=O) groups is 1. The summed E-state index contributed by atoms with van der Waals surface area (Å²) in [4.78, 5) is 17.6. The third-order valence-corrected chi connectivity index (χ3v) is 8.60. The summed E-state index contributed by atoms with van der Waals surface area (Å²) in [5, 5.41) is 10.8. The standard InChI is InChI=1S/C22H28N2O3/c1-2-18(26)24-17-7-9-20-8-4-12-23-13-10-21(17,22(20,23)27-14-11-20)15-5-3-6-16(25)19(15)24/h3,5-6,17,25H,2,4,7-14H2,1H3/t17-,20-,21-,22+/m1/s1. The molecule has 5 aliphatic rings. The van der Waals surface area contributed by atoms with Crippen LogP contribution in [0.1, 0.15) is 57.4 Å². The minimum Gasteiger partial charge on any atom is -0.506 e. The van der Waals surface area contributed by atoms with Gasteiger partial charge in [0.15, 0.2) is 0 Å². The van der Waals surface area contributed by atoms with Crippen LogP contribution in [0.4, 0.5) is 5.69 Å². The van der Waals surface area contributed by atoms with Gasteiger partial charge in [0, 0.05) is 31.5 Å². The molecule has 3 saturated heterocycles. The highest BCUT2D eigenvalue weighted by atomic mass is 16.5. The van der Waals surface area contributed by atoms with Gasteiger partial charge in [0.2, 0.25) is 5.91 Å². The number of phenolic OH excluding ortho intramolecular Hbond substituents is 1. The van der Waals surface area contributed by atoms with Crippen LogP contribution in [-0.2, 0) is 14.9 Å². The molecule has 0 radical (unpaired) electrons. The van der Waals surface area contributed by atoms with Crippen molar-refractivity contribution >= 4 is 11.6 Å². The average molecular weight is 368 g/mol. The number of rotatable bonds is 1. The van der Waals surface area contributed by atoms with Crippen LogP contribution in [0.25, 0.3) is 0 Å². The zero-order valence-corrected chi connectivity index (χ0v) is 16.0. The Morgan fingerprint density at radius 1 is 1.26 bits per heavy atom. The molecular formula is C22H28N2O3. The molecule has 1 aromatic carbocycles. The summed E-state index contributed by atoms with van der Waals surface area (Å²) < 4.78 is 6.80. The van der Waals surface area contributed by atoms with Gasteiger partial charge in [-0.1, -0.05) is 19.1 Å². The molecule has 1 N–H and O–H groups in total. The Morgan fingerprint density at radius 3 is 3.00 bits per heavy atom. The van der Waals surface area contributed by atoms with Crippen molar-refractivity contribution in [3.63, 3.8) is 0 Å². The quantitative estimate of drug-likeness (QED) is 0.827. The first-order valence-electron chi connectivity index (χ1n) is 10.6. The van der Waals surface area contributed by atoms with Gasteiger partial charge in [-0.05, 0) is 50.2 Å². The number of hydrogen-bond donors (Lipinski definition) is 1. The maximum atomic E-state index is 13.1. The second kappa shape index (κ2) is 5.06. The van der Waals surface area contributed by atoms with Crippen molar-refractivity contribution in [2.24, 2.45) is 5.41 Å². The maximum absolute atomic E-state index is 13.1. The Balaban J connectivity index is 1.66. The minimum atomic E-state index is -0.299. The SMILES string of the molecule is CCC(=O)N1c2c(O)cccc2[C@@]23CCN4CCC[C@]5(CCO[C@@]452)CC[C@@H]13. The molecule has 0 aromatic heterocycles. The second-order valence-electron chi connectivity index (χ2n) is 9.18. The number of para-hydroxylation sites is 1. The van der Waals surface area contributed by atoms with E-state index >= 15 is 0 Å². The van der Waals surface area contributed by atoms with Crippen molar-refractivity contribution < 1.29 is 14.6 Å². The van der Waals surface area contributed by atoms with E-state index in [9.17, 15) is 9.90 Å². The molecule has 4 atom stereocenters. The Morgan fingerprint density at radius 2 is 2.15 bits per heavy atom. The van der Waals surface area contributed by atoms with Crippen LogP contribution >= 0.6 is 0 Å². The number of piperidine rings is 1. The minimum absolute atomic E-state index is 0.0996. The van der Waals surface area contributed by atoms with Crippen LogP contribution in [-0.4, -0.2) is 47.4 Å². The topological polar surface area (TPSA) is 53.0 Å². The summed E-state index contributed by atoms with van der Waals surface area (Å²) in [5.41, 5.74) is 1.62. The highest BCUT2D eigenvalue weighted by Crippen LogP contribution is 2.73. The Bertz CT molecular complexity index is 841. The molecule has 0 unspecified atom stereocenters. The predicted octanol–water partition coefficient (Wildman–Crippen LogP) is 3.15. The third-order valence-electron chi connectivity index (χ3n) is 8.60. The number of phenols is 1. The fraction of sp³-hybridized carbons (Fsp3) is 0.682. The van der Waals surface area contributed by atoms with Gasteiger partial charge in [-0.25, -0.2) is 0 Å². The number of amides is 1. The molecule has 2 spiro atoms. The summed E-state index contributed by atoms with van der Waals surface area (Å²) >= 11 is 0. The van der Waals surface area contributed by atoms with Crippen LogP contribution < -0.4 is 4.90 Å². The van der Waals surface area contributed by atoms with Crippen molar-refractivity contribution in [3.8, 4) is 5.75 Å². The lowest BCUT2D eigenvalue weighted by molar-refractivity contribution is -0.232. The molecule has 144 valence electrons. The van der Waals surface area contributed by atoms with E-state index in [0.29, 0.717) is 6.42 Å². The molecule has 4 fully saturated rings. The smallest absolute Gasteiger partial charge is 0.227 e. The molecule has 1 saturated carbocycles. The molecule has 5 heteroatoms. The molecular weight excluding hydrogens is 340 g/mol. The number of nitrogens with zero attached hydrogens (tertiary/aromatic N) is 2. The van der Waals surface area contributed by atoms with Crippen molar-refractivity contribution in [1.29, 1.82) is 0 Å². The lowest BCUT2D eigenvalue weighted by Gasteiger charge is -2.62. The molecule has 5 nitrogen and oxygen atoms in total. The van der Waals surface area contributed by atoms with Crippen LogP contribution in [0.5, 0.6) is 5.75 Å². The third kappa shape index (κ3) is 1.53. The van der Waals surface area contributed by atoms with Gasteiger partial charge < -0.3 is 14.7 Å². The number of fused-ring (bicyclic) bond motifs is 1. The fourth-order valence-electron chi connectivity index (χ4n) is 7.92. The number of anilines is 1. The first-order chi connectivity index (χ1) is 13.1. The van der Waals surface area contributed by atoms with E-state index in [1.165, 1.54) is 12.8 Å². The van der Waals surface area contributed by atoms with Crippen molar-refractivity contribution in [3.05, 3.63) is 23.8 Å². The van der Waals surface area contributed by atoms with Crippen LogP contribution in [0.3, 0.4) is 0 Å². The van der Waals surface area contributed by atoms with Gasteiger partial charge in [0.25, 0.3) is 0 Å². The predicted molar refractivity (Wildman–Crippen MR) is 102 cm³/mol. The average Bonchev–Trinajstić information content (AvgIpc) is 3.32. The number of aromatic hydroxyl groups is 1. The van der Waals surface area contributed by atoms with Crippen molar-refractivity contribution in [1.82, 2.24) is 4.90 Å². The van der Waals surface area contributed by atoms with E-state index in [4.69, 9.17) is 4.74 Å².